The molecule has 0 unspecified atom stereocenters. The maximum absolute atomic E-state index is 13.1. The van der Waals surface area contributed by atoms with Crippen LogP contribution in [0.5, 0.6) is 0 Å². The van der Waals surface area contributed by atoms with Crippen LogP contribution in [0.25, 0.3) is 27.8 Å². The van der Waals surface area contributed by atoms with Crippen LogP contribution in [0.3, 0.4) is 0 Å². The zero-order valence-corrected chi connectivity index (χ0v) is 12.6. The molecule has 5 nitrogen and oxygen atoms in total. The van der Waals surface area contributed by atoms with E-state index >= 15 is 0 Å². The van der Waals surface area contributed by atoms with Gasteiger partial charge in [0.2, 0.25) is 0 Å². The largest absolute Gasteiger partial charge is 0.345 e. The van der Waals surface area contributed by atoms with E-state index in [9.17, 15) is 8.78 Å². The van der Waals surface area contributed by atoms with Crippen LogP contribution in [0.4, 0.5) is 8.78 Å². The second-order valence-corrected chi connectivity index (χ2v) is 6.10. The summed E-state index contributed by atoms with van der Waals surface area (Å²) in [4.78, 5) is 16.2. The summed E-state index contributed by atoms with van der Waals surface area (Å²) in [7, 11) is 0. The van der Waals surface area contributed by atoms with E-state index in [1.54, 1.807) is 12.3 Å². The molecule has 1 aliphatic rings. The Kier molecular flexibility index (Phi) is 2.74. The van der Waals surface area contributed by atoms with E-state index in [1.807, 2.05) is 18.5 Å². The van der Waals surface area contributed by atoms with Crippen molar-refractivity contribution in [3.05, 3.63) is 48.4 Å². The number of hydrogen-bond acceptors (Lipinski definition) is 3. The van der Waals surface area contributed by atoms with Crippen molar-refractivity contribution < 1.29 is 8.78 Å². The lowest BCUT2D eigenvalue weighted by Crippen LogP contribution is -1.94. The standard InChI is InChI=1S/C17H13F2N5/c18-15(19)13-7-20-14-4-3-10(8-24(13)14)11-5-22-17-12(11)6-21-16(23-17)9-1-2-9/h3-9,15H,1-2H2,(H,21,22,23). The highest BCUT2D eigenvalue weighted by Crippen LogP contribution is 2.39. The minimum atomic E-state index is -2.57. The Bertz CT molecular complexity index is 1060. The van der Waals surface area contributed by atoms with E-state index in [1.165, 1.54) is 10.6 Å². The SMILES string of the molecule is FC(F)c1cnc2ccc(-c3c[nH]c4nc(C5CC5)ncc34)cn12. The van der Waals surface area contributed by atoms with Crippen molar-refractivity contribution in [3.8, 4) is 11.1 Å². The smallest absolute Gasteiger partial charge is 0.280 e. The fraction of sp³-hybridized carbons (Fsp3) is 0.235. The zero-order valence-electron chi connectivity index (χ0n) is 12.6. The molecule has 4 heterocycles. The van der Waals surface area contributed by atoms with Gasteiger partial charge in [0.25, 0.3) is 6.43 Å². The number of rotatable bonds is 3. The molecule has 0 bridgehead atoms. The molecule has 1 aliphatic carbocycles. The van der Waals surface area contributed by atoms with Gasteiger partial charge in [-0.05, 0) is 25.0 Å². The molecule has 7 heteroatoms. The minimum Gasteiger partial charge on any atom is -0.345 e. The van der Waals surface area contributed by atoms with Gasteiger partial charge in [-0.1, -0.05) is 0 Å². The number of alkyl halides is 2. The van der Waals surface area contributed by atoms with Crippen molar-refractivity contribution in [2.45, 2.75) is 25.2 Å². The lowest BCUT2D eigenvalue weighted by atomic mass is 10.1. The number of aromatic amines is 1. The first-order chi connectivity index (χ1) is 11.7. The van der Waals surface area contributed by atoms with Gasteiger partial charge in [0.05, 0.1) is 6.20 Å². The van der Waals surface area contributed by atoms with Gasteiger partial charge in [0, 0.05) is 41.0 Å². The molecule has 5 rings (SSSR count). The van der Waals surface area contributed by atoms with E-state index < -0.39 is 6.43 Å². The number of nitrogens with zero attached hydrogens (tertiary/aromatic N) is 4. The van der Waals surface area contributed by atoms with Crippen LogP contribution in [0.15, 0.2) is 36.9 Å². The van der Waals surface area contributed by atoms with Gasteiger partial charge in [-0.15, -0.1) is 0 Å². The lowest BCUT2D eigenvalue weighted by Gasteiger charge is -2.04. The third-order valence-corrected chi connectivity index (χ3v) is 4.46. The van der Waals surface area contributed by atoms with Crippen LogP contribution in [0, 0.1) is 0 Å². The highest BCUT2D eigenvalue weighted by atomic mass is 19.3. The second-order valence-electron chi connectivity index (χ2n) is 6.10. The van der Waals surface area contributed by atoms with Crippen LogP contribution in [0.1, 0.15) is 36.7 Å². The topological polar surface area (TPSA) is 58.9 Å². The van der Waals surface area contributed by atoms with E-state index in [0.29, 0.717) is 11.6 Å². The molecule has 0 radical (unpaired) electrons. The van der Waals surface area contributed by atoms with Crippen molar-refractivity contribution in [1.82, 2.24) is 24.3 Å². The Morgan fingerprint density at radius 1 is 1.17 bits per heavy atom. The molecule has 4 aromatic rings. The van der Waals surface area contributed by atoms with Gasteiger partial charge in [0.15, 0.2) is 0 Å². The first kappa shape index (κ1) is 13.6. The summed E-state index contributed by atoms with van der Waals surface area (Å²) in [5.74, 6) is 1.36. The van der Waals surface area contributed by atoms with E-state index in [2.05, 4.69) is 19.9 Å². The summed E-state index contributed by atoms with van der Waals surface area (Å²) in [5.41, 5.74) is 2.88. The Hall–Kier alpha value is -2.83. The minimum absolute atomic E-state index is 0.112. The van der Waals surface area contributed by atoms with Gasteiger partial charge >= 0.3 is 0 Å². The van der Waals surface area contributed by atoms with E-state index in [0.717, 1.165) is 40.8 Å². The maximum atomic E-state index is 13.1. The number of fused-ring (bicyclic) bond motifs is 2. The first-order valence-electron chi connectivity index (χ1n) is 7.80. The average molecular weight is 325 g/mol. The molecular formula is C17H13F2N5. The van der Waals surface area contributed by atoms with Crippen molar-refractivity contribution in [2.24, 2.45) is 0 Å². The average Bonchev–Trinajstić information content (AvgIpc) is 3.21. The summed E-state index contributed by atoms with van der Waals surface area (Å²) in [6.07, 6.45) is 6.28. The number of aromatic nitrogens is 5. The third kappa shape index (κ3) is 2.01. The first-order valence-corrected chi connectivity index (χ1v) is 7.80. The highest BCUT2D eigenvalue weighted by Gasteiger charge is 2.27. The van der Waals surface area contributed by atoms with Crippen molar-refractivity contribution >= 4 is 16.7 Å². The molecule has 120 valence electrons. The zero-order chi connectivity index (χ0) is 16.3. The number of imidazole rings is 1. The van der Waals surface area contributed by atoms with Crippen LogP contribution in [-0.4, -0.2) is 24.3 Å². The van der Waals surface area contributed by atoms with E-state index in [-0.39, 0.29) is 5.69 Å². The normalized spacial score (nSPS) is 15.0. The summed E-state index contributed by atoms with van der Waals surface area (Å²) in [6.45, 7) is 0. The Balaban J connectivity index is 1.66. The Morgan fingerprint density at radius 3 is 2.83 bits per heavy atom. The number of nitrogens with one attached hydrogen (secondary N) is 1. The van der Waals surface area contributed by atoms with Crippen molar-refractivity contribution in [3.63, 3.8) is 0 Å². The Labute approximate surface area is 135 Å². The van der Waals surface area contributed by atoms with Gasteiger partial charge in [0.1, 0.15) is 22.8 Å². The van der Waals surface area contributed by atoms with Crippen molar-refractivity contribution in [1.29, 1.82) is 0 Å². The molecular weight excluding hydrogens is 312 g/mol. The molecule has 24 heavy (non-hydrogen) atoms. The lowest BCUT2D eigenvalue weighted by molar-refractivity contribution is 0.145. The van der Waals surface area contributed by atoms with Crippen molar-refractivity contribution in [2.75, 3.05) is 0 Å². The monoisotopic (exact) mass is 325 g/mol. The predicted molar refractivity (Wildman–Crippen MR) is 85.0 cm³/mol. The molecule has 4 aromatic heterocycles. The summed E-state index contributed by atoms with van der Waals surface area (Å²) < 4.78 is 27.6. The fourth-order valence-corrected chi connectivity index (χ4v) is 3.02. The quantitative estimate of drug-likeness (QED) is 0.617. The third-order valence-electron chi connectivity index (χ3n) is 4.46. The van der Waals surface area contributed by atoms with Gasteiger partial charge < -0.3 is 4.98 Å². The van der Waals surface area contributed by atoms with Crippen LogP contribution >= 0.6 is 0 Å². The highest BCUT2D eigenvalue weighted by molar-refractivity contribution is 5.93. The van der Waals surface area contributed by atoms with Gasteiger partial charge in [-0.2, -0.15) is 0 Å². The molecule has 1 fully saturated rings. The molecule has 0 amide bonds. The molecule has 0 spiro atoms. The summed E-state index contributed by atoms with van der Waals surface area (Å²) in [6, 6.07) is 3.61. The summed E-state index contributed by atoms with van der Waals surface area (Å²) in [5, 5.41) is 0.887. The molecule has 0 saturated heterocycles. The van der Waals surface area contributed by atoms with Crippen LogP contribution in [0.2, 0.25) is 0 Å². The second kappa shape index (κ2) is 4.83. The summed E-state index contributed by atoms with van der Waals surface area (Å²) >= 11 is 0. The molecule has 1 N–H and O–H groups in total. The molecule has 0 aliphatic heterocycles. The van der Waals surface area contributed by atoms with Gasteiger partial charge in [-0.25, -0.2) is 23.7 Å². The molecule has 0 aromatic carbocycles. The number of H-pyrrole nitrogens is 1. The number of halogens is 2. The number of hydrogen-bond donors (Lipinski definition) is 1. The van der Waals surface area contributed by atoms with Crippen LogP contribution < -0.4 is 0 Å². The molecule has 1 saturated carbocycles. The fourth-order valence-electron chi connectivity index (χ4n) is 3.02. The van der Waals surface area contributed by atoms with E-state index in [4.69, 9.17) is 0 Å². The number of pyridine rings is 1. The Morgan fingerprint density at radius 2 is 2.04 bits per heavy atom. The maximum Gasteiger partial charge on any atom is 0.280 e. The van der Waals surface area contributed by atoms with Crippen LogP contribution in [-0.2, 0) is 0 Å². The van der Waals surface area contributed by atoms with Gasteiger partial charge in [-0.3, -0.25) is 4.40 Å². The molecule has 0 atom stereocenters. The predicted octanol–water partition coefficient (Wildman–Crippen LogP) is 4.09.